The van der Waals surface area contributed by atoms with Crippen LogP contribution in [0.1, 0.15) is 11.1 Å². The van der Waals surface area contributed by atoms with Gasteiger partial charge in [0.2, 0.25) is 0 Å². The predicted molar refractivity (Wildman–Crippen MR) is 105 cm³/mol. The van der Waals surface area contributed by atoms with E-state index in [-0.39, 0.29) is 0 Å². The molecule has 128 valence electrons. The smallest absolute Gasteiger partial charge is 0.119 e. The van der Waals surface area contributed by atoms with Crippen LogP contribution in [-0.2, 0) is 13.2 Å². The molecule has 4 rings (SSSR count). The van der Waals surface area contributed by atoms with Gasteiger partial charge in [-0.25, -0.2) is 0 Å². The van der Waals surface area contributed by atoms with E-state index in [1.54, 1.807) is 0 Å². The molecule has 0 spiro atoms. The van der Waals surface area contributed by atoms with Crippen LogP contribution in [0.3, 0.4) is 0 Å². The number of benzene rings is 4. The van der Waals surface area contributed by atoms with Gasteiger partial charge in [-0.3, -0.25) is 0 Å². The number of ether oxygens (including phenoxy) is 2. The lowest BCUT2D eigenvalue weighted by Gasteiger charge is -2.14. The number of rotatable bonds is 6. The van der Waals surface area contributed by atoms with Gasteiger partial charge in [0, 0.05) is 0 Å². The maximum Gasteiger partial charge on any atom is 0.119 e. The summed E-state index contributed by atoms with van der Waals surface area (Å²) in [5.74, 6) is 1.75. The van der Waals surface area contributed by atoms with Crippen molar-refractivity contribution in [2.75, 3.05) is 0 Å². The third-order valence-electron chi connectivity index (χ3n) is 4.35. The van der Waals surface area contributed by atoms with Crippen LogP contribution in [0.5, 0.6) is 11.5 Å². The van der Waals surface area contributed by atoms with Crippen LogP contribution in [0.25, 0.3) is 10.8 Å². The Labute approximate surface area is 153 Å². The summed E-state index contributed by atoms with van der Waals surface area (Å²) < 4.78 is 12.0. The van der Waals surface area contributed by atoms with E-state index in [9.17, 15) is 0 Å². The highest BCUT2D eigenvalue weighted by atomic mass is 16.5. The fourth-order valence-corrected chi connectivity index (χ4v) is 3.10. The van der Waals surface area contributed by atoms with Crippen LogP contribution >= 0.6 is 0 Å². The van der Waals surface area contributed by atoms with E-state index in [2.05, 4.69) is 36.4 Å². The molecule has 0 aliphatic rings. The van der Waals surface area contributed by atoms with Crippen molar-refractivity contribution in [2.45, 2.75) is 13.2 Å². The van der Waals surface area contributed by atoms with Crippen LogP contribution in [0.4, 0.5) is 0 Å². The standard InChI is InChI=1S/C24H20O2/c1-3-13-22(14-4-1)25-17-20-11-7-9-19-10-8-12-21(24(19)20)18-26-23-15-5-2-6-16-23/h1-16H,17-18H2. The molecule has 26 heavy (non-hydrogen) atoms. The highest BCUT2D eigenvalue weighted by Gasteiger charge is 2.08. The van der Waals surface area contributed by atoms with Gasteiger partial charge in [0.1, 0.15) is 24.7 Å². The summed E-state index contributed by atoms with van der Waals surface area (Å²) in [7, 11) is 0. The molecule has 0 aliphatic heterocycles. The van der Waals surface area contributed by atoms with Gasteiger partial charge in [0.25, 0.3) is 0 Å². The molecule has 4 aromatic carbocycles. The lowest BCUT2D eigenvalue weighted by atomic mass is 10.00. The van der Waals surface area contributed by atoms with Gasteiger partial charge in [-0.15, -0.1) is 0 Å². The Morgan fingerprint density at radius 1 is 0.462 bits per heavy atom. The minimum Gasteiger partial charge on any atom is -0.489 e. The highest BCUT2D eigenvalue weighted by Crippen LogP contribution is 2.26. The van der Waals surface area contributed by atoms with Crippen molar-refractivity contribution in [1.82, 2.24) is 0 Å². The quantitative estimate of drug-likeness (QED) is 0.429. The largest absolute Gasteiger partial charge is 0.489 e. The van der Waals surface area contributed by atoms with Crippen LogP contribution in [-0.4, -0.2) is 0 Å². The number of hydrogen-bond acceptors (Lipinski definition) is 2. The first kappa shape index (κ1) is 16.2. The normalized spacial score (nSPS) is 10.6. The van der Waals surface area contributed by atoms with Crippen molar-refractivity contribution in [1.29, 1.82) is 0 Å². The summed E-state index contributed by atoms with van der Waals surface area (Å²) in [6.45, 7) is 1.06. The third kappa shape index (κ3) is 3.70. The summed E-state index contributed by atoms with van der Waals surface area (Å²) in [4.78, 5) is 0. The number of hydrogen-bond donors (Lipinski definition) is 0. The maximum absolute atomic E-state index is 5.98. The van der Waals surface area contributed by atoms with Gasteiger partial charge in [0.05, 0.1) is 0 Å². The minimum absolute atomic E-state index is 0.531. The Bertz CT molecular complexity index is 900. The first-order chi connectivity index (χ1) is 12.9. The van der Waals surface area contributed by atoms with Gasteiger partial charge in [-0.05, 0) is 46.2 Å². The average molecular weight is 340 g/mol. The predicted octanol–water partition coefficient (Wildman–Crippen LogP) is 6.00. The van der Waals surface area contributed by atoms with Crippen LogP contribution in [0.2, 0.25) is 0 Å². The molecule has 4 aromatic rings. The molecule has 0 fully saturated rings. The van der Waals surface area contributed by atoms with Crippen LogP contribution in [0, 0.1) is 0 Å². The van der Waals surface area contributed by atoms with E-state index in [0.29, 0.717) is 13.2 Å². The van der Waals surface area contributed by atoms with Crippen molar-refractivity contribution < 1.29 is 9.47 Å². The fraction of sp³-hybridized carbons (Fsp3) is 0.0833. The van der Waals surface area contributed by atoms with E-state index in [1.165, 1.54) is 21.9 Å². The van der Waals surface area contributed by atoms with Crippen LogP contribution < -0.4 is 9.47 Å². The highest BCUT2D eigenvalue weighted by molar-refractivity contribution is 5.88. The van der Waals surface area contributed by atoms with Gasteiger partial charge in [-0.2, -0.15) is 0 Å². The monoisotopic (exact) mass is 340 g/mol. The van der Waals surface area contributed by atoms with Gasteiger partial charge >= 0.3 is 0 Å². The molecule has 2 heteroatoms. The zero-order valence-corrected chi connectivity index (χ0v) is 14.5. The summed E-state index contributed by atoms with van der Waals surface area (Å²) >= 11 is 0. The molecule has 0 N–H and O–H groups in total. The maximum atomic E-state index is 5.98. The zero-order valence-electron chi connectivity index (χ0n) is 14.5. The van der Waals surface area contributed by atoms with Crippen LogP contribution in [0.15, 0.2) is 97.1 Å². The molecule has 0 aliphatic carbocycles. The molecular weight excluding hydrogens is 320 g/mol. The zero-order chi connectivity index (χ0) is 17.6. The second-order valence-corrected chi connectivity index (χ2v) is 6.14. The molecule has 0 atom stereocenters. The van der Waals surface area contributed by atoms with Crippen molar-refractivity contribution >= 4 is 10.8 Å². The Kier molecular flexibility index (Phi) is 4.83. The molecule has 0 amide bonds. The number of fused-ring (bicyclic) bond motifs is 1. The third-order valence-corrected chi connectivity index (χ3v) is 4.35. The Hall–Kier alpha value is -3.26. The first-order valence-electron chi connectivity index (χ1n) is 8.75. The molecule has 2 nitrogen and oxygen atoms in total. The second-order valence-electron chi connectivity index (χ2n) is 6.14. The van der Waals surface area contributed by atoms with Gasteiger partial charge in [-0.1, -0.05) is 72.8 Å². The summed E-state index contributed by atoms with van der Waals surface area (Å²) in [6.07, 6.45) is 0. The molecule has 0 saturated carbocycles. The van der Waals surface area contributed by atoms with Crippen molar-refractivity contribution in [3.8, 4) is 11.5 Å². The summed E-state index contributed by atoms with van der Waals surface area (Å²) in [5, 5.41) is 2.41. The van der Waals surface area contributed by atoms with Crippen molar-refractivity contribution in [2.24, 2.45) is 0 Å². The average Bonchev–Trinajstić information content (AvgIpc) is 2.72. The van der Waals surface area contributed by atoms with E-state index < -0.39 is 0 Å². The van der Waals surface area contributed by atoms with Gasteiger partial charge in [0.15, 0.2) is 0 Å². The lowest BCUT2D eigenvalue weighted by Crippen LogP contribution is -2.01. The molecule has 0 heterocycles. The van der Waals surface area contributed by atoms with E-state index in [1.807, 2.05) is 60.7 Å². The number of para-hydroxylation sites is 2. The van der Waals surface area contributed by atoms with Crippen molar-refractivity contribution in [3.63, 3.8) is 0 Å². The first-order valence-corrected chi connectivity index (χ1v) is 8.75. The van der Waals surface area contributed by atoms with Crippen molar-refractivity contribution in [3.05, 3.63) is 108 Å². The molecular formula is C24H20O2. The van der Waals surface area contributed by atoms with Gasteiger partial charge < -0.3 is 9.47 Å². The van der Waals surface area contributed by atoms with E-state index in [0.717, 1.165) is 11.5 Å². The Morgan fingerprint density at radius 2 is 0.923 bits per heavy atom. The molecule has 0 aromatic heterocycles. The fourth-order valence-electron chi connectivity index (χ4n) is 3.10. The molecule has 0 radical (unpaired) electrons. The van der Waals surface area contributed by atoms with E-state index >= 15 is 0 Å². The SMILES string of the molecule is c1ccc(OCc2cccc3cccc(COc4ccccc4)c23)cc1. The molecule has 0 bridgehead atoms. The Balaban J connectivity index is 1.61. The topological polar surface area (TPSA) is 18.5 Å². The van der Waals surface area contributed by atoms with E-state index in [4.69, 9.17) is 9.47 Å². The Morgan fingerprint density at radius 3 is 1.38 bits per heavy atom. The molecule has 0 saturated heterocycles. The summed E-state index contributed by atoms with van der Waals surface area (Å²) in [6, 6.07) is 32.5. The second kappa shape index (κ2) is 7.75. The lowest BCUT2D eigenvalue weighted by molar-refractivity contribution is 0.303. The molecule has 0 unspecified atom stereocenters. The summed E-state index contributed by atoms with van der Waals surface area (Å²) in [5.41, 5.74) is 2.33. The minimum atomic E-state index is 0.531.